The number of hydrogen-bond donors (Lipinski definition) is 1. The molecule has 6 rings (SSSR count). The van der Waals surface area contributed by atoms with Gasteiger partial charge in [0.15, 0.2) is 5.78 Å². The van der Waals surface area contributed by atoms with Gasteiger partial charge in [-0.05, 0) is 111 Å². The standard InChI is InChI=1S/C28H39N3O2/c1-16-22-10-23-21-5-4-18-11-27(2,33)8-6-19(18)20(21)7-9-28(23,3)26(25(16)22)24(32)15-31-14-17(12-29)13-30-31/h13-14,16,18-23,25-26,33H,4-11,15H2,1-3H3/t16-,18+,19-,20+,21+,22+,23-,25-,26-,27+,28-/m0/s1. The molecule has 178 valence electrons. The van der Waals surface area contributed by atoms with Gasteiger partial charge in [-0.3, -0.25) is 9.48 Å². The number of carbonyl (C=O) groups is 1. The molecule has 5 heteroatoms. The number of aliphatic hydroxyl groups is 1. The van der Waals surface area contributed by atoms with Crippen molar-refractivity contribution < 1.29 is 9.90 Å². The summed E-state index contributed by atoms with van der Waals surface area (Å²) < 4.78 is 1.68. The summed E-state index contributed by atoms with van der Waals surface area (Å²) in [5.41, 5.74) is 0.160. The van der Waals surface area contributed by atoms with Crippen molar-refractivity contribution in [2.75, 3.05) is 0 Å². The highest BCUT2D eigenvalue weighted by molar-refractivity contribution is 5.82. The van der Waals surface area contributed by atoms with E-state index in [-0.39, 0.29) is 11.3 Å². The van der Waals surface area contributed by atoms with Crippen molar-refractivity contribution in [3.05, 3.63) is 18.0 Å². The quantitative estimate of drug-likeness (QED) is 0.716. The molecule has 0 unspecified atom stereocenters. The molecule has 5 aliphatic carbocycles. The Morgan fingerprint density at radius 3 is 2.73 bits per heavy atom. The molecular weight excluding hydrogens is 410 g/mol. The normalized spacial score (nSPS) is 50.2. The van der Waals surface area contributed by atoms with Crippen LogP contribution >= 0.6 is 0 Å². The monoisotopic (exact) mass is 449 g/mol. The molecular formula is C28H39N3O2. The van der Waals surface area contributed by atoms with Gasteiger partial charge in [0.05, 0.1) is 23.9 Å². The van der Waals surface area contributed by atoms with Crippen LogP contribution < -0.4 is 0 Å². The van der Waals surface area contributed by atoms with Crippen molar-refractivity contribution in [3.8, 4) is 6.07 Å². The van der Waals surface area contributed by atoms with Gasteiger partial charge >= 0.3 is 0 Å². The Kier molecular flexibility index (Phi) is 4.90. The minimum Gasteiger partial charge on any atom is -0.390 e. The third-order valence-electron chi connectivity index (χ3n) is 11.4. The van der Waals surface area contributed by atoms with E-state index in [0.29, 0.717) is 47.5 Å². The SMILES string of the molecule is C[C@H]1[C@H]2C[C@H]3[C@@H]4CC[C@@H]5C[C@](C)(O)CC[C@@H]5[C@H]4CC[C@]3(C)[C@@H](C(=O)Cn3cc(C#N)cn3)[C@@H]12. The molecule has 0 bridgehead atoms. The fourth-order valence-electron chi connectivity index (χ4n) is 9.84. The second-order valence-corrected chi connectivity index (χ2v) is 13.0. The minimum absolute atomic E-state index is 0.0996. The summed E-state index contributed by atoms with van der Waals surface area (Å²) in [6.45, 7) is 7.17. The summed E-state index contributed by atoms with van der Waals surface area (Å²) in [6, 6.07) is 2.13. The van der Waals surface area contributed by atoms with Crippen LogP contribution in [-0.4, -0.2) is 26.3 Å². The molecule has 1 aromatic rings. The number of nitrogens with zero attached hydrogens (tertiary/aromatic N) is 3. The van der Waals surface area contributed by atoms with E-state index in [1.54, 1.807) is 17.1 Å². The lowest BCUT2D eigenvalue weighted by atomic mass is 9.44. The van der Waals surface area contributed by atoms with Gasteiger partial charge in [-0.25, -0.2) is 0 Å². The van der Waals surface area contributed by atoms with Gasteiger partial charge in [0.1, 0.15) is 6.07 Å². The number of hydrogen-bond acceptors (Lipinski definition) is 4. The maximum Gasteiger partial charge on any atom is 0.158 e. The first kappa shape index (κ1) is 21.8. The first-order valence-electron chi connectivity index (χ1n) is 13.4. The van der Waals surface area contributed by atoms with Crippen LogP contribution in [0.1, 0.15) is 77.7 Å². The number of ketones is 1. The van der Waals surface area contributed by atoms with Crippen LogP contribution in [0.15, 0.2) is 12.4 Å². The fourth-order valence-corrected chi connectivity index (χ4v) is 9.84. The highest BCUT2D eigenvalue weighted by Gasteiger charge is 2.67. The lowest BCUT2D eigenvalue weighted by Crippen LogP contribution is -2.55. The molecule has 0 spiro atoms. The Balaban J connectivity index is 1.26. The summed E-state index contributed by atoms with van der Waals surface area (Å²) in [5, 5.41) is 24.1. The molecule has 5 nitrogen and oxygen atoms in total. The molecule has 5 fully saturated rings. The van der Waals surface area contributed by atoms with Gasteiger partial charge in [-0.1, -0.05) is 13.8 Å². The minimum atomic E-state index is -0.464. The van der Waals surface area contributed by atoms with Crippen LogP contribution in [0.25, 0.3) is 0 Å². The van der Waals surface area contributed by atoms with Crippen molar-refractivity contribution >= 4 is 5.78 Å². The zero-order chi connectivity index (χ0) is 23.1. The number of carbonyl (C=O) groups excluding carboxylic acids is 1. The smallest absolute Gasteiger partial charge is 0.158 e. The Labute approximate surface area is 197 Å². The molecule has 1 N–H and O–H groups in total. The lowest BCUT2D eigenvalue weighted by molar-refractivity contribution is -0.150. The van der Waals surface area contributed by atoms with E-state index in [9.17, 15) is 9.90 Å². The Morgan fingerprint density at radius 2 is 1.97 bits per heavy atom. The van der Waals surface area contributed by atoms with E-state index >= 15 is 0 Å². The molecule has 5 saturated carbocycles. The molecule has 1 aromatic heterocycles. The highest BCUT2D eigenvalue weighted by atomic mass is 16.3. The van der Waals surface area contributed by atoms with Gasteiger partial charge in [-0.15, -0.1) is 0 Å². The fraction of sp³-hybridized carbons (Fsp3) is 0.821. The van der Waals surface area contributed by atoms with E-state index in [1.807, 2.05) is 6.92 Å². The van der Waals surface area contributed by atoms with Gasteiger partial charge in [0, 0.05) is 12.1 Å². The molecule has 0 amide bonds. The molecule has 0 aromatic carbocycles. The topological polar surface area (TPSA) is 78.9 Å². The van der Waals surface area contributed by atoms with E-state index < -0.39 is 5.60 Å². The summed E-state index contributed by atoms with van der Waals surface area (Å²) in [4.78, 5) is 13.8. The van der Waals surface area contributed by atoms with E-state index in [0.717, 1.165) is 30.6 Å². The number of rotatable bonds is 3. The van der Waals surface area contributed by atoms with Crippen molar-refractivity contribution in [1.82, 2.24) is 9.78 Å². The first-order valence-corrected chi connectivity index (χ1v) is 13.4. The molecule has 0 radical (unpaired) electrons. The second-order valence-electron chi connectivity index (χ2n) is 13.0. The predicted octanol–water partition coefficient (Wildman–Crippen LogP) is 4.84. The number of fused-ring (bicyclic) bond motifs is 6. The van der Waals surface area contributed by atoms with Crippen LogP contribution in [0.4, 0.5) is 0 Å². The maximum atomic E-state index is 13.8. The average molecular weight is 450 g/mol. The van der Waals surface area contributed by atoms with Crippen LogP contribution in [0.3, 0.4) is 0 Å². The zero-order valence-corrected chi connectivity index (χ0v) is 20.4. The summed E-state index contributed by atoms with van der Waals surface area (Å²) in [5.74, 6) is 6.09. The van der Waals surface area contributed by atoms with Crippen LogP contribution in [0, 0.1) is 70.0 Å². The third-order valence-corrected chi connectivity index (χ3v) is 11.4. The molecule has 11 atom stereocenters. The van der Waals surface area contributed by atoms with E-state index in [4.69, 9.17) is 5.26 Å². The highest BCUT2D eigenvalue weighted by Crippen LogP contribution is 2.71. The maximum absolute atomic E-state index is 13.8. The van der Waals surface area contributed by atoms with Crippen molar-refractivity contribution in [2.45, 2.75) is 84.3 Å². The Hall–Kier alpha value is -1.67. The lowest BCUT2D eigenvalue weighted by Gasteiger charge is -2.60. The molecule has 0 aliphatic heterocycles. The average Bonchev–Trinajstić information content (AvgIpc) is 3.17. The van der Waals surface area contributed by atoms with Crippen LogP contribution in [0.5, 0.6) is 0 Å². The number of nitriles is 1. The van der Waals surface area contributed by atoms with Crippen LogP contribution in [-0.2, 0) is 11.3 Å². The molecule has 0 saturated heterocycles. The summed E-state index contributed by atoms with van der Waals surface area (Å²) in [7, 11) is 0. The van der Waals surface area contributed by atoms with E-state index in [2.05, 4.69) is 25.0 Å². The first-order chi connectivity index (χ1) is 15.7. The zero-order valence-electron chi connectivity index (χ0n) is 20.4. The van der Waals surface area contributed by atoms with Crippen molar-refractivity contribution in [3.63, 3.8) is 0 Å². The van der Waals surface area contributed by atoms with Crippen molar-refractivity contribution in [2.24, 2.45) is 58.7 Å². The Bertz CT molecular complexity index is 992. The molecule has 33 heavy (non-hydrogen) atoms. The largest absolute Gasteiger partial charge is 0.390 e. The van der Waals surface area contributed by atoms with Crippen LogP contribution in [0.2, 0.25) is 0 Å². The van der Waals surface area contributed by atoms with Gasteiger partial charge in [0.2, 0.25) is 0 Å². The van der Waals surface area contributed by atoms with Gasteiger partial charge in [0.25, 0.3) is 0 Å². The third kappa shape index (κ3) is 3.34. The summed E-state index contributed by atoms with van der Waals surface area (Å²) >= 11 is 0. The molecule has 1 heterocycles. The van der Waals surface area contributed by atoms with Gasteiger partial charge in [-0.2, -0.15) is 10.4 Å². The number of aromatic nitrogens is 2. The van der Waals surface area contributed by atoms with Gasteiger partial charge < -0.3 is 5.11 Å². The second kappa shape index (κ2) is 7.41. The van der Waals surface area contributed by atoms with E-state index in [1.165, 1.54) is 38.5 Å². The summed E-state index contributed by atoms with van der Waals surface area (Å²) in [6.07, 6.45) is 12.7. The molecule has 5 aliphatic rings. The predicted molar refractivity (Wildman–Crippen MR) is 125 cm³/mol. The van der Waals surface area contributed by atoms with Crippen molar-refractivity contribution in [1.29, 1.82) is 5.26 Å². The Morgan fingerprint density at radius 1 is 1.18 bits per heavy atom. The number of Topliss-reactive ketones (excluding diaryl/α,β-unsaturated/α-hetero) is 1.